The van der Waals surface area contributed by atoms with Crippen LogP contribution < -0.4 is 5.32 Å². The average Bonchev–Trinajstić information content (AvgIpc) is 2.47. The summed E-state index contributed by atoms with van der Waals surface area (Å²) in [4.78, 5) is 24.7. The van der Waals surface area contributed by atoms with Crippen molar-refractivity contribution in [2.45, 2.75) is 18.9 Å². The summed E-state index contributed by atoms with van der Waals surface area (Å²) >= 11 is 0. The topological polar surface area (TPSA) is 78.9 Å². The van der Waals surface area contributed by atoms with Crippen LogP contribution in [0.4, 0.5) is 4.79 Å². The van der Waals surface area contributed by atoms with Crippen LogP contribution in [0.25, 0.3) is 0 Å². The Morgan fingerprint density at radius 1 is 1.33 bits per heavy atom. The summed E-state index contributed by atoms with van der Waals surface area (Å²) < 4.78 is 4.92. The molecule has 0 radical (unpaired) electrons. The molecule has 0 aliphatic heterocycles. The number of rotatable bonds is 8. The molecule has 6 nitrogen and oxygen atoms in total. The molecular formula is C15H22N2O4. The minimum absolute atomic E-state index is 0.258. The third-order valence-corrected chi connectivity index (χ3v) is 3.07. The predicted octanol–water partition coefficient (Wildman–Crippen LogP) is 1.36. The van der Waals surface area contributed by atoms with Gasteiger partial charge in [-0.3, -0.25) is 0 Å². The van der Waals surface area contributed by atoms with E-state index >= 15 is 0 Å². The standard InChI is InChI=1S/C15H22N2O4/c1-17(9-6-10-21-2)15(20)16-13(14(18)19)11-12-7-4-3-5-8-12/h3-5,7-8,13H,6,9-11H2,1-2H3,(H,16,20)(H,18,19). The van der Waals surface area contributed by atoms with E-state index in [4.69, 9.17) is 4.74 Å². The lowest BCUT2D eigenvalue weighted by atomic mass is 10.1. The number of nitrogens with one attached hydrogen (secondary N) is 1. The van der Waals surface area contributed by atoms with Crippen LogP contribution in [0.3, 0.4) is 0 Å². The summed E-state index contributed by atoms with van der Waals surface area (Å²) in [5.41, 5.74) is 0.868. The van der Waals surface area contributed by atoms with E-state index < -0.39 is 18.0 Å². The molecule has 0 saturated heterocycles. The van der Waals surface area contributed by atoms with Crippen molar-refractivity contribution in [2.24, 2.45) is 0 Å². The van der Waals surface area contributed by atoms with Crippen LogP contribution in [-0.2, 0) is 16.0 Å². The van der Waals surface area contributed by atoms with E-state index in [-0.39, 0.29) is 6.42 Å². The largest absolute Gasteiger partial charge is 0.480 e. The van der Waals surface area contributed by atoms with Gasteiger partial charge in [0.25, 0.3) is 0 Å². The molecule has 0 fully saturated rings. The molecule has 0 bridgehead atoms. The Kier molecular flexibility index (Phi) is 7.25. The number of nitrogens with zero attached hydrogens (tertiary/aromatic N) is 1. The molecule has 0 aliphatic carbocycles. The van der Waals surface area contributed by atoms with E-state index in [1.165, 1.54) is 4.90 Å². The minimum atomic E-state index is -1.04. The Labute approximate surface area is 124 Å². The van der Waals surface area contributed by atoms with Gasteiger partial charge in [0.15, 0.2) is 0 Å². The van der Waals surface area contributed by atoms with Gasteiger partial charge < -0.3 is 20.1 Å². The van der Waals surface area contributed by atoms with Gasteiger partial charge in [-0.25, -0.2) is 9.59 Å². The van der Waals surface area contributed by atoms with Crippen molar-refractivity contribution in [3.05, 3.63) is 35.9 Å². The molecule has 0 aromatic heterocycles. The van der Waals surface area contributed by atoms with Gasteiger partial charge in [-0.15, -0.1) is 0 Å². The smallest absolute Gasteiger partial charge is 0.326 e. The second kappa shape index (κ2) is 8.97. The van der Waals surface area contributed by atoms with Gasteiger partial charge in [-0.1, -0.05) is 30.3 Å². The molecule has 0 saturated carbocycles. The number of hydrogen-bond acceptors (Lipinski definition) is 3. The molecule has 2 N–H and O–H groups in total. The zero-order valence-corrected chi connectivity index (χ0v) is 12.4. The Morgan fingerprint density at radius 3 is 2.57 bits per heavy atom. The van der Waals surface area contributed by atoms with Crippen molar-refractivity contribution in [1.29, 1.82) is 0 Å². The normalized spacial score (nSPS) is 11.7. The number of carbonyl (C=O) groups is 2. The third-order valence-electron chi connectivity index (χ3n) is 3.07. The molecule has 0 heterocycles. The maximum absolute atomic E-state index is 12.0. The summed E-state index contributed by atoms with van der Waals surface area (Å²) in [5.74, 6) is -1.04. The van der Waals surface area contributed by atoms with Crippen molar-refractivity contribution in [3.63, 3.8) is 0 Å². The maximum Gasteiger partial charge on any atom is 0.326 e. The number of carboxylic acids is 1. The van der Waals surface area contributed by atoms with Crippen LogP contribution in [0.5, 0.6) is 0 Å². The lowest BCUT2D eigenvalue weighted by Gasteiger charge is -2.21. The third kappa shape index (κ3) is 6.27. The lowest BCUT2D eigenvalue weighted by molar-refractivity contribution is -0.139. The number of urea groups is 1. The molecule has 1 rings (SSSR count). The summed E-state index contributed by atoms with van der Waals surface area (Å²) in [6.45, 7) is 1.07. The van der Waals surface area contributed by atoms with Gasteiger partial charge in [-0.2, -0.15) is 0 Å². The van der Waals surface area contributed by atoms with Gasteiger partial charge in [0.1, 0.15) is 6.04 Å². The highest BCUT2D eigenvalue weighted by atomic mass is 16.5. The zero-order chi connectivity index (χ0) is 15.7. The fourth-order valence-electron chi connectivity index (χ4n) is 1.86. The van der Waals surface area contributed by atoms with E-state index in [1.807, 2.05) is 30.3 Å². The summed E-state index contributed by atoms with van der Waals surface area (Å²) in [5, 5.41) is 11.8. The second-order valence-corrected chi connectivity index (χ2v) is 4.80. The highest BCUT2D eigenvalue weighted by Gasteiger charge is 2.21. The van der Waals surface area contributed by atoms with E-state index in [0.717, 1.165) is 5.56 Å². The first kappa shape index (κ1) is 17.0. The van der Waals surface area contributed by atoms with Crippen LogP contribution >= 0.6 is 0 Å². The summed E-state index contributed by atoms with van der Waals surface area (Å²) in [6, 6.07) is 7.88. The molecule has 1 aromatic carbocycles. The summed E-state index contributed by atoms with van der Waals surface area (Å²) in [7, 11) is 3.23. The molecule has 0 aliphatic rings. The maximum atomic E-state index is 12.0. The lowest BCUT2D eigenvalue weighted by Crippen LogP contribution is -2.48. The number of hydrogen-bond donors (Lipinski definition) is 2. The van der Waals surface area contributed by atoms with Crippen molar-refractivity contribution in [1.82, 2.24) is 10.2 Å². The van der Waals surface area contributed by atoms with Gasteiger partial charge in [0.2, 0.25) is 0 Å². The number of carbonyl (C=O) groups excluding carboxylic acids is 1. The first-order valence-corrected chi connectivity index (χ1v) is 6.82. The number of ether oxygens (including phenoxy) is 1. The van der Waals surface area contributed by atoms with Crippen molar-refractivity contribution < 1.29 is 19.4 Å². The zero-order valence-electron chi connectivity index (χ0n) is 12.4. The molecule has 21 heavy (non-hydrogen) atoms. The number of aliphatic carboxylic acids is 1. The molecule has 6 heteroatoms. The van der Waals surface area contributed by atoms with E-state index in [9.17, 15) is 14.7 Å². The Morgan fingerprint density at radius 2 is 2.00 bits per heavy atom. The number of benzene rings is 1. The van der Waals surface area contributed by atoms with Gasteiger partial charge in [0, 0.05) is 33.7 Å². The fourth-order valence-corrected chi connectivity index (χ4v) is 1.86. The molecule has 1 atom stereocenters. The van der Waals surface area contributed by atoms with Gasteiger partial charge >= 0.3 is 12.0 Å². The average molecular weight is 294 g/mol. The van der Waals surface area contributed by atoms with Crippen LogP contribution in [0.15, 0.2) is 30.3 Å². The predicted molar refractivity (Wildman–Crippen MR) is 79.2 cm³/mol. The molecule has 2 amide bonds. The molecule has 116 valence electrons. The van der Waals surface area contributed by atoms with Crippen LogP contribution in [-0.4, -0.2) is 55.4 Å². The van der Waals surface area contributed by atoms with Gasteiger partial charge in [-0.05, 0) is 12.0 Å². The van der Waals surface area contributed by atoms with Crippen molar-refractivity contribution >= 4 is 12.0 Å². The first-order valence-electron chi connectivity index (χ1n) is 6.82. The Bertz CT molecular complexity index is 450. The number of amides is 2. The van der Waals surface area contributed by atoms with E-state index in [0.29, 0.717) is 19.6 Å². The van der Waals surface area contributed by atoms with Crippen LogP contribution in [0, 0.1) is 0 Å². The first-order chi connectivity index (χ1) is 10.0. The Hall–Kier alpha value is -2.08. The van der Waals surface area contributed by atoms with Crippen LogP contribution in [0.1, 0.15) is 12.0 Å². The van der Waals surface area contributed by atoms with Gasteiger partial charge in [0.05, 0.1) is 0 Å². The summed E-state index contributed by atoms with van der Waals surface area (Å²) in [6.07, 6.45) is 0.963. The SMILES string of the molecule is COCCCN(C)C(=O)NC(Cc1ccccc1)C(=O)O. The van der Waals surface area contributed by atoms with Crippen molar-refractivity contribution in [2.75, 3.05) is 27.3 Å². The van der Waals surface area contributed by atoms with E-state index in [2.05, 4.69) is 5.32 Å². The fraction of sp³-hybridized carbons (Fsp3) is 0.467. The number of methoxy groups -OCH3 is 1. The van der Waals surface area contributed by atoms with E-state index in [1.54, 1.807) is 14.2 Å². The highest BCUT2D eigenvalue weighted by molar-refractivity contribution is 5.82. The number of carboxylic acid groups (broad SMARTS) is 1. The second-order valence-electron chi connectivity index (χ2n) is 4.80. The van der Waals surface area contributed by atoms with Crippen molar-refractivity contribution in [3.8, 4) is 0 Å². The highest BCUT2D eigenvalue weighted by Crippen LogP contribution is 2.04. The quantitative estimate of drug-likeness (QED) is 0.710. The Balaban J connectivity index is 2.54. The monoisotopic (exact) mass is 294 g/mol. The minimum Gasteiger partial charge on any atom is -0.480 e. The molecule has 1 unspecified atom stereocenters. The molecular weight excluding hydrogens is 272 g/mol. The molecule has 0 spiro atoms. The molecule has 1 aromatic rings. The van der Waals surface area contributed by atoms with Crippen LogP contribution in [0.2, 0.25) is 0 Å².